The Bertz CT molecular complexity index is 865. The summed E-state index contributed by atoms with van der Waals surface area (Å²) in [5.41, 5.74) is 4.49. The third-order valence-corrected chi connectivity index (χ3v) is 4.65. The van der Waals surface area contributed by atoms with Crippen molar-refractivity contribution in [3.05, 3.63) is 47.2 Å². The molecule has 1 aromatic heterocycles. The van der Waals surface area contributed by atoms with Gasteiger partial charge in [0.25, 0.3) is 0 Å². The van der Waals surface area contributed by atoms with E-state index >= 15 is 0 Å². The van der Waals surface area contributed by atoms with Gasteiger partial charge < -0.3 is 18.9 Å². The predicted molar refractivity (Wildman–Crippen MR) is 101 cm³/mol. The number of hydroxylamine groups is 1. The summed E-state index contributed by atoms with van der Waals surface area (Å²) in [6.07, 6.45) is 2.10. The second-order valence-corrected chi connectivity index (χ2v) is 6.72. The monoisotopic (exact) mass is 385 g/mol. The fourth-order valence-corrected chi connectivity index (χ4v) is 3.17. The van der Waals surface area contributed by atoms with Gasteiger partial charge in [-0.2, -0.15) is 0 Å². The molecule has 0 aliphatic carbocycles. The molecule has 0 bridgehead atoms. The van der Waals surface area contributed by atoms with E-state index in [9.17, 15) is 5.21 Å². The van der Waals surface area contributed by atoms with Crippen LogP contribution in [0.15, 0.2) is 35.3 Å². The van der Waals surface area contributed by atoms with Crippen molar-refractivity contribution in [3.8, 4) is 17.4 Å². The Kier molecular flexibility index (Phi) is 5.59. The van der Waals surface area contributed by atoms with Gasteiger partial charge in [0.2, 0.25) is 12.7 Å². The van der Waals surface area contributed by atoms with E-state index in [0.717, 1.165) is 36.5 Å². The van der Waals surface area contributed by atoms with Crippen molar-refractivity contribution in [3.63, 3.8) is 0 Å². The molecule has 1 saturated heterocycles. The Morgan fingerprint density at radius 3 is 3.00 bits per heavy atom. The summed E-state index contributed by atoms with van der Waals surface area (Å²) >= 11 is 0. The van der Waals surface area contributed by atoms with Gasteiger partial charge in [0.05, 0.1) is 18.2 Å². The average molecular weight is 385 g/mol. The van der Waals surface area contributed by atoms with Crippen molar-refractivity contribution in [1.82, 2.24) is 10.5 Å². The minimum Gasteiger partial charge on any atom is -0.472 e. The molecule has 1 fully saturated rings. The van der Waals surface area contributed by atoms with Gasteiger partial charge in [-0.25, -0.2) is 4.98 Å². The van der Waals surface area contributed by atoms with Gasteiger partial charge in [0, 0.05) is 12.3 Å². The van der Waals surface area contributed by atoms with Crippen LogP contribution in [0.4, 0.5) is 0 Å². The van der Waals surface area contributed by atoms with Crippen LogP contribution in [0.2, 0.25) is 0 Å². The van der Waals surface area contributed by atoms with Gasteiger partial charge >= 0.3 is 0 Å². The van der Waals surface area contributed by atoms with Crippen molar-refractivity contribution in [2.75, 3.05) is 19.9 Å². The minimum atomic E-state index is 0.0831. The van der Waals surface area contributed by atoms with Crippen molar-refractivity contribution in [2.24, 2.45) is 4.99 Å². The lowest BCUT2D eigenvalue weighted by Gasteiger charge is -2.14. The van der Waals surface area contributed by atoms with Crippen molar-refractivity contribution in [2.45, 2.75) is 32.5 Å². The first-order chi connectivity index (χ1) is 13.7. The highest BCUT2D eigenvalue weighted by Crippen LogP contribution is 2.32. The summed E-state index contributed by atoms with van der Waals surface area (Å²) < 4.78 is 22.3. The van der Waals surface area contributed by atoms with E-state index in [1.54, 1.807) is 0 Å². The van der Waals surface area contributed by atoms with E-state index in [1.807, 2.05) is 37.3 Å². The van der Waals surface area contributed by atoms with Crippen molar-refractivity contribution >= 4 is 5.84 Å². The maximum absolute atomic E-state index is 9.60. The van der Waals surface area contributed by atoms with Crippen LogP contribution in [0.3, 0.4) is 0 Å². The first-order valence-corrected chi connectivity index (χ1v) is 9.28. The molecule has 3 heterocycles. The molecule has 2 aliphatic rings. The van der Waals surface area contributed by atoms with Crippen LogP contribution in [-0.2, 0) is 11.3 Å². The Morgan fingerprint density at radius 2 is 2.18 bits per heavy atom. The molecule has 0 spiro atoms. The van der Waals surface area contributed by atoms with Gasteiger partial charge in [-0.3, -0.25) is 15.7 Å². The smallest absolute Gasteiger partial charge is 0.231 e. The van der Waals surface area contributed by atoms with Crippen LogP contribution in [0.1, 0.15) is 29.7 Å². The first-order valence-electron chi connectivity index (χ1n) is 9.28. The van der Waals surface area contributed by atoms with Gasteiger partial charge in [0.1, 0.15) is 6.61 Å². The first kappa shape index (κ1) is 18.5. The lowest BCUT2D eigenvalue weighted by molar-refractivity contribution is 0.117. The molecule has 0 saturated carbocycles. The number of hydrogen-bond donors (Lipinski definition) is 2. The molecule has 2 aromatic rings. The van der Waals surface area contributed by atoms with Gasteiger partial charge in [-0.15, -0.1) is 0 Å². The highest BCUT2D eigenvalue weighted by atomic mass is 16.7. The molecule has 1 unspecified atom stereocenters. The summed E-state index contributed by atoms with van der Waals surface area (Å²) in [7, 11) is 0. The number of hydrogen-bond acceptors (Lipinski definition) is 7. The highest BCUT2D eigenvalue weighted by Gasteiger charge is 2.18. The van der Waals surface area contributed by atoms with E-state index in [4.69, 9.17) is 18.9 Å². The standard InChI is InChI=1S/C20H23N3O5/c1-13-4-6-16(19(23-24)21-10-15-3-2-8-25-15)20(22-13)26-11-14-5-7-17-18(9-14)28-12-27-17/h4-7,9,15,24H,2-3,8,10-12H2,1H3,(H,21,23). The summed E-state index contributed by atoms with van der Waals surface area (Å²) in [5.74, 6) is 2.13. The number of pyridine rings is 1. The van der Waals surface area contributed by atoms with Crippen molar-refractivity contribution < 1.29 is 24.2 Å². The van der Waals surface area contributed by atoms with Gasteiger partial charge in [-0.05, 0) is 49.6 Å². The quantitative estimate of drug-likeness (QED) is 0.448. The van der Waals surface area contributed by atoms with Crippen molar-refractivity contribution in [1.29, 1.82) is 0 Å². The molecule has 8 heteroatoms. The normalized spacial score (nSPS) is 18.4. The third-order valence-electron chi connectivity index (χ3n) is 4.65. The molecule has 148 valence electrons. The Morgan fingerprint density at radius 1 is 1.29 bits per heavy atom. The van der Waals surface area contributed by atoms with E-state index in [2.05, 4.69) is 15.5 Å². The summed E-state index contributed by atoms with van der Waals surface area (Å²) in [4.78, 5) is 8.93. The number of aromatic nitrogens is 1. The molecular weight excluding hydrogens is 362 g/mol. The number of benzene rings is 1. The van der Waals surface area contributed by atoms with Crippen LogP contribution < -0.4 is 19.7 Å². The highest BCUT2D eigenvalue weighted by molar-refractivity contribution is 6.00. The summed E-state index contributed by atoms with van der Waals surface area (Å²) in [5, 5.41) is 9.60. The topological polar surface area (TPSA) is 94.4 Å². The third kappa shape index (κ3) is 4.18. The lowest BCUT2D eigenvalue weighted by Crippen LogP contribution is -2.24. The number of nitrogens with one attached hydrogen (secondary N) is 1. The van der Waals surface area contributed by atoms with Crippen LogP contribution >= 0.6 is 0 Å². The Balaban J connectivity index is 1.51. The maximum atomic E-state index is 9.60. The SMILES string of the molecule is Cc1ccc(C(=NCC2CCCO2)NO)c(OCc2ccc3c(c2)OCO3)n1. The zero-order valence-electron chi connectivity index (χ0n) is 15.7. The van der Waals surface area contributed by atoms with Crippen LogP contribution in [-0.4, -0.2) is 42.1 Å². The zero-order chi connectivity index (χ0) is 19.3. The number of aliphatic imine (C=N–C) groups is 1. The fraction of sp³-hybridized carbons (Fsp3) is 0.400. The summed E-state index contributed by atoms with van der Waals surface area (Å²) in [6.45, 7) is 3.64. The van der Waals surface area contributed by atoms with E-state index < -0.39 is 0 Å². The largest absolute Gasteiger partial charge is 0.472 e. The van der Waals surface area contributed by atoms with E-state index in [1.165, 1.54) is 0 Å². The summed E-state index contributed by atoms with van der Waals surface area (Å²) in [6, 6.07) is 9.33. The molecule has 4 rings (SSSR count). The Labute approximate surface area is 163 Å². The molecule has 0 radical (unpaired) electrons. The Hall–Kier alpha value is -2.84. The second-order valence-electron chi connectivity index (χ2n) is 6.72. The number of amidine groups is 1. The van der Waals surface area contributed by atoms with Crippen LogP contribution in [0.25, 0.3) is 0 Å². The molecule has 2 aliphatic heterocycles. The van der Waals surface area contributed by atoms with Gasteiger partial charge in [-0.1, -0.05) is 6.07 Å². The second kappa shape index (κ2) is 8.45. The minimum absolute atomic E-state index is 0.0831. The lowest BCUT2D eigenvalue weighted by atomic mass is 10.2. The fourth-order valence-electron chi connectivity index (χ4n) is 3.17. The molecule has 8 nitrogen and oxygen atoms in total. The molecular formula is C20H23N3O5. The number of ether oxygens (including phenoxy) is 4. The molecule has 28 heavy (non-hydrogen) atoms. The van der Waals surface area contributed by atoms with Crippen LogP contribution in [0.5, 0.6) is 17.4 Å². The maximum Gasteiger partial charge on any atom is 0.231 e. The molecule has 1 atom stereocenters. The number of aryl methyl sites for hydroxylation is 1. The molecule has 2 N–H and O–H groups in total. The van der Waals surface area contributed by atoms with E-state index in [0.29, 0.717) is 36.2 Å². The number of fused-ring (bicyclic) bond motifs is 1. The van der Waals surface area contributed by atoms with Gasteiger partial charge in [0.15, 0.2) is 17.3 Å². The van der Waals surface area contributed by atoms with Crippen LogP contribution in [0, 0.1) is 6.92 Å². The molecule has 1 aromatic carbocycles. The average Bonchev–Trinajstić information content (AvgIpc) is 3.39. The predicted octanol–water partition coefficient (Wildman–Crippen LogP) is 2.60. The number of nitrogens with zero attached hydrogens (tertiary/aromatic N) is 2. The zero-order valence-corrected chi connectivity index (χ0v) is 15.7. The molecule has 0 amide bonds. The van der Waals surface area contributed by atoms with E-state index in [-0.39, 0.29) is 12.9 Å². The number of rotatable bonds is 6.